The Morgan fingerprint density at radius 3 is 2.50 bits per heavy atom. The molecule has 6 heteroatoms. The number of nitrogens with two attached hydrogens (primary N) is 1. The number of hydrogen-bond acceptors (Lipinski definition) is 4. The highest BCUT2D eigenvalue weighted by Gasteiger charge is 2.47. The molecule has 0 saturated heterocycles. The van der Waals surface area contributed by atoms with Crippen LogP contribution in [0.25, 0.3) is 0 Å². The SMILES string of the molecule is CC(=O)N1c2ccc(C(N)=O)cc2[C@H](Nc2ccc(C#N)c(C)c2)[C@@H](C)C1C1CC1. The molecule has 30 heavy (non-hydrogen) atoms. The maximum Gasteiger partial charge on any atom is 0.248 e. The van der Waals surface area contributed by atoms with Crippen LogP contribution in [-0.2, 0) is 4.79 Å². The second kappa shape index (κ2) is 7.49. The van der Waals surface area contributed by atoms with Crippen LogP contribution in [0.2, 0.25) is 0 Å². The lowest BCUT2D eigenvalue weighted by molar-refractivity contribution is -0.117. The number of carbonyl (C=O) groups is 2. The molecule has 1 saturated carbocycles. The fourth-order valence-electron chi connectivity index (χ4n) is 4.78. The average molecular weight is 402 g/mol. The number of nitriles is 1. The van der Waals surface area contributed by atoms with Crippen LogP contribution in [0.4, 0.5) is 11.4 Å². The topological polar surface area (TPSA) is 99.2 Å². The highest BCUT2D eigenvalue weighted by atomic mass is 16.2. The number of fused-ring (bicyclic) bond motifs is 1. The molecule has 1 unspecified atom stereocenters. The van der Waals surface area contributed by atoms with Gasteiger partial charge in [0.05, 0.1) is 17.7 Å². The van der Waals surface area contributed by atoms with Crippen molar-refractivity contribution in [3.05, 3.63) is 58.7 Å². The van der Waals surface area contributed by atoms with E-state index in [0.717, 1.165) is 35.3 Å². The number of rotatable bonds is 4. The minimum atomic E-state index is -0.489. The van der Waals surface area contributed by atoms with Crippen LogP contribution in [0.5, 0.6) is 0 Å². The molecule has 1 aliphatic carbocycles. The third-order valence-corrected chi connectivity index (χ3v) is 6.38. The van der Waals surface area contributed by atoms with Gasteiger partial charge in [0.1, 0.15) is 0 Å². The van der Waals surface area contributed by atoms with Gasteiger partial charge in [-0.25, -0.2) is 0 Å². The van der Waals surface area contributed by atoms with Crippen molar-refractivity contribution in [2.45, 2.75) is 45.7 Å². The first-order valence-electron chi connectivity index (χ1n) is 10.3. The van der Waals surface area contributed by atoms with Crippen LogP contribution in [0.3, 0.4) is 0 Å². The number of nitrogens with zero attached hydrogens (tertiary/aromatic N) is 2. The molecule has 6 nitrogen and oxygen atoms in total. The zero-order valence-corrected chi connectivity index (χ0v) is 17.5. The zero-order chi connectivity index (χ0) is 21.6. The van der Waals surface area contributed by atoms with Crippen LogP contribution in [0, 0.1) is 30.1 Å². The molecular formula is C24H26N4O2. The summed E-state index contributed by atoms with van der Waals surface area (Å²) >= 11 is 0. The molecule has 2 aliphatic rings. The van der Waals surface area contributed by atoms with Crippen LogP contribution in [-0.4, -0.2) is 17.9 Å². The first kappa shape index (κ1) is 20.0. The molecule has 154 valence electrons. The molecule has 2 aromatic carbocycles. The van der Waals surface area contributed by atoms with Crippen LogP contribution < -0.4 is 16.0 Å². The molecule has 1 fully saturated rings. The van der Waals surface area contributed by atoms with Gasteiger partial charge in [0.2, 0.25) is 11.8 Å². The second-order valence-corrected chi connectivity index (χ2v) is 8.48. The van der Waals surface area contributed by atoms with E-state index in [1.165, 1.54) is 0 Å². The van der Waals surface area contributed by atoms with E-state index in [9.17, 15) is 14.9 Å². The molecule has 4 rings (SSSR count). The molecule has 1 aliphatic heterocycles. The van der Waals surface area contributed by atoms with Gasteiger partial charge in [-0.05, 0) is 73.2 Å². The van der Waals surface area contributed by atoms with E-state index >= 15 is 0 Å². The number of aryl methyl sites for hydroxylation is 1. The number of primary amides is 1. The number of hydrogen-bond donors (Lipinski definition) is 2. The van der Waals surface area contributed by atoms with Gasteiger partial charge < -0.3 is 16.0 Å². The summed E-state index contributed by atoms with van der Waals surface area (Å²) in [4.78, 5) is 26.4. The Morgan fingerprint density at radius 2 is 1.93 bits per heavy atom. The van der Waals surface area contributed by atoms with Gasteiger partial charge in [-0.2, -0.15) is 5.26 Å². The Bertz CT molecular complexity index is 1070. The Kier molecular flexibility index (Phi) is 4.98. The number of anilines is 2. The van der Waals surface area contributed by atoms with Crippen molar-refractivity contribution in [3.8, 4) is 6.07 Å². The van der Waals surface area contributed by atoms with Crippen LogP contribution in [0.1, 0.15) is 59.8 Å². The van der Waals surface area contributed by atoms with Gasteiger partial charge in [0.15, 0.2) is 0 Å². The summed E-state index contributed by atoms with van der Waals surface area (Å²) in [5.41, 5.74) is 10.2. The van der Waals surface area contributed by atoms with E-state index in [2.05, 4.69) is 18.3 Å². The van der Waals surface area contributed by atoms with E-state index in [1.54, 1.807) is 19.1 Å². The third-order valence-electron chi connectivity index (χ3n) is 6.38. The summed E-state index contributed by atoms with van der Waals surface area (Å²) in [7, 11) is 0. The lowest BCUT2D eigenvalue weighted by atomic mass is 9.79. The molecule has 2 aromatic rings. The number of nitrogens with one attached hydrogen (secondary N) is 1. The van der Waals surface area contributed by atoms with E-state index in [0.29, 0.717) is 17.0 Å². The number of benzene rings is 2. The first-order valence-corrected chi connectivity index (χ1v) is 10.3. The molecule has 2 amide bonds. The third kappa shape index (κ3) is 3.41. The fraction of sp³-hybridized carbons (Fsp3) is 0.375. The molecule has 0 spiro atoms. The van der Waals surface area contributed by atoms with Crippen LogP contribution in [0.15, 0.2) is 36.4 Å². The van der Waals surface area contributed by atoms with Gasteiger partial charge >= 0.3 is 0 Å². The molecule has 1 heterocycles. The minimum Gasteiger partial charge on any atom is -0.378 e. The number of carbonyl (C=O) groups excluding carboxylic acids is 2. The lowest BCUT2D eigenvalue weighted by Gasteiger charge is -2.46. The summed E-state index contributed by atoms with van der Waals surface area (Å²) in [6.07, 6.45) is 2.24. The first-order chi connectivity index (χ1) is 14.3. The van der Waals surface area contributed by atoms with Gasteiger partial charge in [0, 0.05) is 35.8 Å². The van der Waals surface area contributed by atoms with Gasteiger partial charge in [0.25, 0.3) is 0 Å². The predicted molar refractivity (Wildman–Crippen MR) is 116 cm³/mol. The van der Waals surface area contributed by atoms with Crippen molar-refractivity contribution in [1.82, 2.24) is 0 Å². The number of amides is 2. The van der Waals surface area contributed by atoms with Crippen molar-refractivity contribution in [1.29, 1.82) is 5.26 Å². The van der Waals surface area contributed by atoms with Crippen molar-refractivity contribution >= 4 is 23.2 Å². The van der Waals surface area contributed by atoms with Crippen molar-refractivity contribution in [3.63, 3.8) is 0 Å². The molecule has 0 radical (unpaired) electrons. The molecule has 3 N–H and O–H groups in total. The molecule has 0 aromatic heterocycles. The van der Waals surface area contributed by atoms with Crippen molar-refractivity contribution in [2.75, 3.05) is 10.2 Å². The molecule has 3 atom stereocenters. The van der Waals surface area contributed by atoms with Crippen molar-refractivity contribution in [2.24, 2.45) is 17.6 Å². The highest BCUT2D eigenvalue weighted by Crippen LogP contribution is 2.50. The summed E-state index contributed by atoms with van der Waals surface area (Å²) in [5.74, 6) is 0.143. The minimum absolute atomic E-state index is 0.0134. The average Bonchev–Trinajstić information content (AvgIpc) is 3.54. The van der Waals surface area contributed by atoms with Crippen LogP contribution >= 0.6 is 0 Å². The standard InChI is InChI=1S/C24H26N4O2/c1-13-10-19(8-6-18(13)12-25)27-22-14(2)23(16-4-5-16)28(15(3)29)21-9-7-17(24(26)30)11-20(21)22/h6-11,14,16,22-23,27H,4-5H2,1-3H3,(H2,26,30)/t14-,22-,23?/m1/s1. The smallest absolute Gasteiger partial charge is 0.248 e. The summed E-state index contributed by atoms with van der Waals surface area (Å²) in [6, 6.07) is 13.2. The Balaban J connectivity index is 1.82. The Morgan fingerprint density at radius 1 is 1.20 bits per heavy atom. The van der Waals surface area contributed by atoms with Gasteiger partial charge in [-0.1, -0.05) is 6.92 Å². The summed E-state index contributed by atoms with van der Waals surface area (Å²) in [5, 5.41) is 12.8. The van der Waals surface area contributed by atoms with E-state index < -0.39 is 5.91 Å². The van der Waals surface area contributed by atoms with Gasteiger partial charge in [-0.3, -0.25) is 9.59 Å². The summed E-state index contributed by atoms with van der Waals surface area (Å²) in [6.45, 7) is 5.68. The monoisotopic (exact) mass is 402 g/mol. The van der Waals surface area contributed by atoms with Gasteiger partial charge in [-0.15, -0.1) is 0 Å². The Labute approximate surface area is 176 Å². The predicted octanol–water partition coefficient (Wildman–Crippen LogP) is 3.90. The highest BCUT2D eigenvalue weighted by molar-refractivity contribution is 5.97. The normalized spacial score (nSPS) is 22.7. The quantitative estimate of drug-likeness (QED) is 0.810. The fourth-order valence-corrected chi connectivity index (χ4v) is 4.78. The molecule has 0 bridgehead atoms. The maximum absolute atomic E-state index is 12.6. The van der Waals surface area contributed by atoms with E-state index in [-0.39, 0.29) is 23.9 Å². The largest absolute Gasteiger partial charge is 0.378 e. The Hall–Kier alpha value is -3.33. The van der Waals surface area contributed by atoms with Crippen molar-refractivity contribution < 1.29 is 9.59 Å². The zero-order valence-electron chi connectivity index (χ0n) is 17.5. The van der Waals surface area contributed by atoms with E-state index in [1.807, 2.05) is 36.1 Å². The maximum atomic E-state index is 12.6. The lowest BCUT2D eigenvalue weighted by Crippen LogP contribution is -2.51. The second-order valence-electron chi connectivity index (χ2n) is 8.48. The summed E-state index contributed by atoms with van der Waals surface area (Å²) < 4.78 is 0. The van der Waals surface area contributed by atoms with E-state index in [4.69, 9.17) is 5.73 Å². The molecular weight excluding hydrogens is 376 g/mol.